The Labute approximate surface area is 395 Å². The topological polar surface area (TPSA) is 129 Å². The summed E-state index contributed by atoms with van der Waals surface area (Å²) in [5, 5.41) is 2.52. The molecular weight excluding hydrogens is 867 g/mol. The van der Waals surface area contributed by atoms with Gasteiger partial charge in [-0.1, -0.05) is 48.2 Å². The summed E-state index contributed by atoms with van der Waals surface area (Å²) in [5.74, 6) is 5.78. The standard InChI is InChI=1S/C38H42N2O6.C15H13N3O2S/c1-39-15-13-25-20-32(42-4)34-22-28(25)29(39)17-23-7-10-27(11-8-23)45-33-19-24(9-12-31(33)41-3)18-30-36-26(14-16-40(30)2)21-35(43-5)37(44-6)38(36)46-34;1-20-15(19)18-14-16-12-8-7-11(9-13(12)17-14)21-10-5-3-2-4-6-10/h7-12,19-22,29-30H,13-18H2,1-6H3;2-9H,1H3,(H2,16,17,18,19). The number of rotatable bonds is 7. The average molecular weight is 922 g/mol. The van der Waals surface area contributed by atoms with E-state index in [1.165, 1.54) is 34.3 Å². The van der Waals surface area contributed by atoms with E-state index in [0.29, 0.717) is 46.2 Å². The smallest absolute Gasteiger partial charge is 0.413 e. The minimum atomic E-state index is -0.548. The number of likely N-dealkylation sites (N-methyl/N-ethyl adjacent to an activating group) is 2. The largest absolute Gasteiger partial charge is 0.493 e. The van der Waals surface area contributed by atoms with Crippen LogP contribution in [0.5, 0.6) is 46.0 Å². The Hall–Kier alpha value is -6.87. The third-order valence-corrected chi connectivity index (χ3v) is 13.7. The summed E-state index contributed by atoms with van der Waals surface area (Å²) in [6, 6.07) is 37.3. The summed E-state index contributed by atoms with van der Waals surface area (Å²) in [4.78, 5) is 25.6. The minimum Gasteiger partial charge on any atom is -0.493 e. The number of aromatic nitrogens is 2. The van der Waals surface area contributed by atoms with Crippen molar-refractivity contribution in [2.24, 2.45) is 0 Å². The Bertz CT molecular complexity index is 2890. The van der Waals surface area contributed by atoms with Crippen LogP contribution in [0.2, 0.25) is 0 Å². The van der Waals surface area contributed by atoms with Crippen molar-refractivity contribution in [3.8, 4) is 46.0 Å². The van der Waals surface area contributed by atoms with Crippen molar-refractivity contribution in [3.63, 3.8) is 0 Å². The number of amides is 1. The number of nitrogens with one attached hydrogen (secondary N) is 2. The van der Waals surface area contributed by atoms with E-state index >= 15 is 0 Å². The fourth-order valence-electron chi connectivity index (χ4n) is 9.16. The summed E-state index contributed by atoms with van der Waals surface area (Å²) >= 11 is 1.67. The van der Waals surface area contributed by atoms with Crippen molar-refractivity contribution in [3.05, 3.63) is 143 Å². The molecule has 4 aliphatic heterocycles. The number of imidazole rings is 1. The summed E-state index contributed by atoms with van der Waals surface area (Å²) in [6.07, 6.45) is 2.82. The lowest BCUT2D eigenvalue weighted by Crippen LogP contribution is -2.34. The van der Waals surface area contributed by atoms with Gasteiger partial charge in [-0.2, -0.15) is 0 Å². The van der Waals surface area contributed by atoms with Crippen LogP contribution in [0.4, 0.5) is 10.7 Å². The zero-order valence-corrected chi connectivity index (χ0v) is 39.6. The number of methoxy groups -OCH3 is 5. The first-order chi connectivity index (χ1) is 32.6. The van der Waals surface area contributed by atoms with Gasteiger partial charge >= 0.3 is 6.09 Å². The van der Waals surface area contributed by atoms with E-state index in [4.69, 9.17) is 28.4 Å². The monoisotopic (exact) mass is 921 g/mol. The highest BCUT2D eigenvalue weighted by molar-refractivity contribution is 7.99. The van der Waals surface area contributed by atoms with E-state index in [-0.39, 0.29) is 12.1 Å². The first-order valence-corrected chi connectivity index (χ1v) is 23.0. The van der Waals surface area contributed by atoms with Gasteiger partial charge in [-0.05, 0) is 140 Å². The van der Waals surface area contributed by atoms with E-state index in [9.17, 15) is 4.79 Å². The van der Waals surface area contributed by atoms with Gasteiger partial charge < -0.3 is 38.1 Å². The van der Waals surface area contributed by atoms with Crippen molar-refractivity contribution in [2.45, 2.75) is 47.6 Å². The Morgan fingerprint density at radius 1 is 0.687 bits per heavy atom. The predicted molar refractivity (Wildman–Crippen MR) is 260 cm³/mol. The minimum absolute atomic E-state index is 0.000437. The van der Waals surface area contributed by atoms with Crippen LogP contribution >= 0.6 is 11.8 Å². The number of carbonyl (C=O) groups is 1. The number of fused-ring (bicyclic) bond motifs is 3. The van der Waals surface area contributed by atoms with E-state index in [2.05, 4.69) is 98.5 Å². The van der Waals surface area contributed by atoms with Gasteiger partial charge in [-0.25, -0.2) is 9.78 Å². The van der Waals surface area contributed by atoms with Crippen molar-refractivity contribution in [1.82, 2.24) is 19.8 Å². The second kappa shape index (κ2) is 19.9. The molecule has 0 fully saturated rings. The van der Waals surface area contributed by atoms with Crippen molar-refractivity contribution < 1.29 is 38.0 Å². The van der Waals surface area contributed by atoms with Gasteiger partial charge in [-0.3, -0.25) is 15.1 Å². The quantitative estimate of drug-likeness (QED) is 0.158. The van der Waals surface area contributed by atoms with E-state index in [0.717, 1.165) is 71.6 Å². The molecule has 11 rings (SSSR count). The molecule has 13 nitrogen and oxygen atoms in total. The lowest BCUT2D eigenvalue weighted by atomic mass is 9.87. The number of anilines is 1. The van der Waals surface area contributed by atoms with Crippen LogP contribution < -0.4 is 33.7 Å². The summed E-state index contributed by atoms with van der Waals surface area (Å²) in [5.41, 5.74) is 8.81. The van der Waals surface area contributed by atoms with Gasteiger partial charge in [-0.15, -0.1) is 0 Å². The van der Waals surface area contributed by atoms with Crippen molar-refractivity contribution in [1.29, 1.82) is 0 Å². The second-order valence-corrected chi connectivity index (χ2v) is 17.9. The Balaban J connectivity index is 0.000000223. The molecule has 346 valence electrons. The Morgan fingerprint density at radius 2 is 1.37 bits per heavy atom. The molecule has 0 saturated carbocycles. The van der Waals surface area contributed by atoms with Gasteiger partial charge in [0.15, 0.2) is 34.5 Å². The lowest BCUT2D eigenvalue weighted by Gasteiger charge is -2.37. The molecular formula is C53H55N5O8S. The summed E-state index contributed by atoms with van der Waals surface area (Å²) in [6.45, 7) is 1.86. The van der Waals surface area contributed by atoms with E-state index in [1.807, 2.05) is 54.6 Å². The Kier molecular flexibility index (Phi) is 13.5. The number of carbonyl (C=O) groups excluding carboxylic acids is 1. The molecule has 1 amide bonds. The molecule has 0 aliphatic carbocycles. The predicted octanol–water partition coefficient (Wildman–Crippen LogP) is 11.1. The van der Waals surface area contributed by atoms with Crippen LogP contribution in [0.1, 0.15) is 45.5 Å². The number of aromatic amines is 1. The fraction of sp³-hybridized carbons (Fsp3) is 0.283. The zero-order valence-electron chi connectivity index (χ0n) is 38.8. The van der Waals surface area contributed by atoms with Crippen LogP contribution in [-0.2, 0) is 30.4 Å². The molecule has 14 heteroatoms. The van der Waals surface area contributed by atoms with Gasteiger partial charge in [0.05, 0.1) is 46.6 Å². The molecule has 1 aromatic heterocycles. The third-order valence-electron chi connectivity index (χ3n) is 12.7. The van der Waals surface area contributed by atoms with Crippen molar-refractivity contribution >= 4 is 34.8 Å². The molecule has 0 spiro atoms. The van der Waals surface area contributed by atoms with Crippen molar-refractivity contribution in [2.75, 3.05) is 68.1 Å². The van der Waals surface area contributed by atoms with Gasteiger partial charge in [0, 0.05) is 40.5 Å². The van der Waals surface area contributed by atoms with Crippen LogP contribution in [0.25, 0.3) is 11.0 Å². The first kappa shape index (κ1) is 45.3. The molecule has 0 saturated heterocycles. The van der Waals surface area contributed by atoms with E-state index in [1.54, 1.807) is 40.2 Å². The number of benzene rings is 6. The molecule has 0 radical (unpaired) electrons. The highest BCUT2D eigenvalue weighted by Gasteiger charge is 2.35. The Morgan fingerprint density at radius 3 is 2.10 bits per heavy atom. The number of hydrogen-bond acceptors (Lipinski definition) is 12. The maximum atomic E-state index is 11.2. The molecule has 67 heavy (non-hydrogen) atoms. The third kappa shape index (κ3) is 9.69. The highest BCUT2D eigenvalue weighted by atomic mass is 32.2. The van der Waals surface area contributed by atoms with Crippen LogP contribution in [0.3, 0.4) is 0 Å². The fourth-order valence-corrected chi connectivity index (χ4v) is 10.0. The number of H-pyrrole nitrogens is 1. The van der Waals surface area contributed by atoms with Gasteiger partial charge in [0.25, 0.3) is 0 Å². The molecule has 2 unspecified atom stereocenters. The van der Waals surface area contributed by atoms with Gasteiger partial charge in [0.2, 0.25) is 11.7 Å². The number of ether oxygens (including phenoxy) is 7. The molecule has 2 atom stereocenters. The maximum Gasteiger partial charge on any atom is 0.413 e. The molecule has 5 heterocycles. The molecule has 4 aliphatic rings. The molecule has 6 bridgehead atoms. The summed E-state index contributed by atoms with van der Waals surface area (Å²) in [7, 11) is 12.4. The second-order valence-electron chi connectivity index (χ2n) is 16.7. The van der Waals surface area contributed by atoms with E-state index < -0.39 is 6.09 Å². The normalized spacial score (nSPS) is 16.5. The molecule has 6 aromatic carbocycles. The van der Waals surface area contributed by atoms with Crippen LogP contribution in [-0.4, -0.2) is 88.6 Å². The number of nitrogens with zero attached hydrogens (tertiary/aromatic N) is 3. The maximum absolute atomic E-state index is 11.2. The highest BCUT2D eigenvalue weighted by Crippen LogP contribution is 2.52. The average Bonchev–Trinajstić information content (AvgIpc) is 3.75. The SMILES string of the molecule is COC(=O)Nc1nc2ccc(Sc3ccccc3)cc2[nH]1.COc1ccc2cc1Oc1ccc(cc1)CC1c3cc(c(OC)cc3CCN1C)Oc1c(OC)c(OC)cc3c1C(C2)N(C)CC3. The molecule has 7 aromatic rings. The van der Waals surface area contributed by atoms with Gasteiger partial charge in [0.1, 0.15) is 5.75 Å². The summed E-state index contributed by atoms with van der Waals surface area (Å²) < 4.78 is 41.6. The van der Waals surface area contributed by atoms with Crippen LogP contribution in [0, 0.1) is 0 Å². The zero-order chi connectivity index (χ0) is 46.6. The first-order valence-electron chi connectivity index (χ1n) is 22.2. The number of hydrogen-bond donors (Lipinski definition) is 2. The molecule has 2 N–H and O–H groups in total. The lowest BCUT2D eigenvalue weighted by molar-refractivity contribution is 0.186. The van der Waals surface area contributed by atoms with Crippen LogP contribution in [0.15, 0.2) is 119 Å².